The normalized spacial score (nSPS) is 13.5. The molecule has 0 aliphatic heterocycles. The molecule has 0 aliphatic rings. The molecule has 2 aromatic carbocycles. The monoisotopic (exact) mass is 490 g/mol. The van der Waals surface area contributed by atoms with Crippen molar-refractivity contribution >= 4 is 0 Å². The Labute approximate surface area is 225 Å². The highest BCUT2D eigenvalue weighted by molar-refractivity contribution is 5.49. The molecule has 0 fully saturated rings. The summed E-state index contributed by atoms with van der Waals surface area (Å²) in [5.41, 5.74) is 9.52. The van der Waals surface area contributed by atoms with Gasteiger partial charge in [-0.05, 0) is 61.5 Å². The summed E-state index contributed by atoms with van der Waals surface area (Å²) in [7, 11) is 0. The van der Waals surface area contributed by atoms with Crippen LogP contribution in [-0.4, -0.2) is 0 Å². The highest BCUT2D eigenvalue weighted by Gasteiger charge is 2.30. The third-order valence-corrected chi connectivity index (χ3v) is 7.80. The van der Waals surface area contributed by atoms with Crippen LogP contribution in [-0.2, 0) is 21.7 Å². The third kappa shape index (κ3) is 7.97. The van der Waals surface area contributed by atoms with Gasteiger partial charge < -0.3 is 0 Å². The van der Waals surface area contributed by atoms with Crippen LogP contribution in [0.15, 0.2) is 36.4 Å². The van der Waals surface area contributed by atoms with Gasteiger partial charge in [0.1, 0.15) is 0 Å². The average molecular weight is 491 g/mol. The molecule has 0 amide bonds. The van der Waals surface area contributed by atoms with Gasteiger partial charge in [-0.3, -0.25) is 0 Å². The van der Waals surface area contributed by atoms with Crippen molar-refractivity contribution < 1.29 is 0 Å². The standard InChI is InChI=1S/C36H58/c1-14-15-16-17-18-19-28(29-22-20-26(33(2,3)4)24-31(29)35(8,9)10)30-23-21-27(34(5,6)7)25-32(30)36(11,12)13/h20-25,28H,14-19H2,1-13H3. The minimum atomic E-state index is 0.101. The Balaban J connectivity index is 2.76. The first kappa shape index (κ1) is 30.7. The second-order valence-corrected chi connectivity index (χ2v) is 15.4. The maximum Gasteiger partial charge on any atom is 0.00952 e. The van der Waals surface area contributed by atoms with E-state index >= 15 is 0 Å². The molecule has 0 spiro atoms. The quantitative estimate of drug-likeness (QED) is 0.323. The predicted molar refractivity (Wildman–Crippen MR) is 163 cm³/mol. The molecule has 0 aliphatic carbocycles. The lowest BCUT2D eigenvalue weighted by molar-refractivity contribution is 0.529. The zero-order valence-electron chi connectivity index (χ0n) is 26.3. The largest absolute Gasteiger partial charge is 0.0654 e. The van der Waals surface area contributed by atoms with Crippen molar-refractivity contribution in [2.75, 3.05) is 0 Å². The van der Waals surface area contributed by atoms with Crippen molar-refractivity contribution in [2.45, 2.75) is 156 Å². The van der Waals surface area contributed by atoms with Crippen molar-refractivity contribution in [3.63, 3.8) is 0 Å². The van der Waals surface area contributed by atoms with E-state index < -0.39 is 0 Å². The van der Waals surface area contributed by atoms with Crippen molar-refractivity contribution in [1.29, 1.82) is 0 Å². The van der Waals surface area contributed by atoms with Crippen LogP contribution in [0.2, 0.25) is 0 Å². The maximum absolute atomic E-state index is 2.53. The highest BCUT2D eigenvalue weighted by atomic mass is 14.3. The lowest BCUT2D eigenvalue weighted by Gasteiger charge is -2.34. The first-order chi connectivity index (χ1) is 16.4. The molecule has 0 saturated carbocycles. The Morgan fingerprint density at radius 3 is 1.22 bits per heavy atom. The van der Waals surface area contributed by atoms with Gasteiger partial charge in [0, 0.05) is 5.92 Å². The summed E-state index contributed by atoms with van der Waals surface area (Å²) in [5.74, 6) is 0.429. The Morgan fingerprint density at radius 2 is 0.889 bits per heavy atom. The molecule has 2 rings (SSSR count). The Bertz CT molecular complexity index is 901. The fourth-order valence-electron chi connectivity index (χ4n) is 5.38. The number of hydrogen-bond acceptors (Lipinski definition) is 0. The van der Waals surface area contributed by atoms with Crippen molar-refractivity contribution in [1.82, 2.24) is 0 Å². The van der Waals surface area contributed by atoms with Gasteiger partial charge in [0.15, 0.2) is 0 Å². The molecule has 0 heterocycles. The molecule has 0 nitrogen and oxygen atoms in total. The van der Waals surface area contributed by atoms with E-state index in [1.807, 2.05) is 0 Å². The Morgan fingerprint density at radius 1 is 0.500 bits per heavy atom. The summed E-state index contributed by atoms with van der Waals surface area (Å²) in [6.45, 7) is 30.7. The lowest BCUT2D eigenvalue weighted by atomic mass is 9.70. The predicted octanol–water partition coefficient (Wildman–Crippen LogP) is 11.4. The number of hydrogen-bond donors (Lipinski definition) is 0. The van der Waals surface area contributed by atoms with Gasteiger partial charge in [-0.25, -0.2) is 0 Å². The van der Waals surface area contributed by atoms with E-state index in [9.17, 15) is 0 Å². The summed E-state index contributed by atoms with van der Waals surface area (Å²) in [6.07, 6.45) is 7.85. The van der Waals surface area contributed by atoms with Crippen molar-refractivity contribution in [3.05, 3.63) is 69.8 Å². The molecular weight excluding hydrogens is 432 g/mol. The second-order valence-electron chi connectivity index (χ2n) is 15.4. The van der Waals surface area contributed by atoms with E-state index in [0.717, 1.165) is 0 Å². The first-order valence-electron chi connectivity index (χ1n) is 14.7. The van der Waals surface area contributed by atoms with Crippen LogP contribution >= 0.6 is 0 Å². The van der Waals surface area contributed by atoms with Gasteiger partial charge in [0.05, 0.1) is 0 Å². The SMILES string of the molecule is CCCCCCCC(c1ccc(C(C)(C)C)cc1C(C)(C)C)c1ccc(C(C)(C)C)cc1C(C)(C)C. The Hall–Kier alpha value is -1.56. The fourth-order valence-corrected chi connectivity index (χ4v) is 5.38. The number of benzene rings is 2. The molecule has 0 N–H and O–H groups in total. The van der Waals surface area contributed by atoms with E-state index in [0.29, 0.717) is 5.92 Å². The molecule has 0 aromatic heterocycles. The minimum absolute atomic E-state index is 0.101. The van der Waals surface area contributed by atoms with Gasteiger partial charge in [0.25, 0.3) is 0 Å². The van der Waals surface area contributed by atoms with Crippen LogP contribution in [0.4, 0.5) is 0 Å². The van der Waals surface area contributed by atoms with Gasteiger partial charge in [-0.15, -0.1) is 0 Å². The lowest BCUT2D eigenvalue weighted by Crippen LogP contribution is -2.23. The van der Waals surface area contributed by atoms with Crippen molar-refractivity contribution in [3.8, 4) is 0 Å². The van der Waals surface area contributed by atoms with Crippen LogP contribution < -0.4 is 0 Å². The highest BCUT2D eigenvalue weighted by Crippen LogP contribution is 2.43. The van der Waals surface area contributed by atoms with Gasteiger partial charge in [0.2, 0.25) is 0 Å². The molecular formula is C36H58. The van der Waals surface area contributed by atoms with Crippen LogP contribution in [0.5, 0.6) is 0 Å². The molecule has 36 heavy (non-hydrogen) atoms. The number of unbranched alkanes of at least 4 members (excludes halogenated alkanes) is 4. The van der Waals surface area contributed by atoms with Crippen LogP contribution in [0, 0.1) is 0 Å². The van der Waals surface area contributed by atoms with Gasteiger partial charge >= 0.3 is 0 Å². The minimum Gasteiger partial charge on any atom is -0.0654 e. The Kier molecular flexibility index (Phi) is 9.75. The van der Waals surface area contributed by atoms with Crippen LogP contribution in [0.3, 0.4) is 0 Å². The maximum atomic E-state index is 2.53. The van der Waals surface area contributed by atoms with E-state index in [4.69, 9.17) is 0 Å². The topological polar surface area (TPSA) is 0 Å². The molecule has 0 radical (unpaired) electrons. The second kappa shape index (κ2) is 11.4. The van der Waals surface area contributed by atoms with Crippen molar-refractivity contribution in [2.24, 2.45) is 0 Å². The molecule has 0 unspecified atom stereocenters. The molecule has 2 aromatic rings. The summed E-state index contributed by atoms with van der Waals surface area (Å²) in [6, 6.07) is 14.9. The zero-order chi connectivity index (χ0) is 27.5. The van der Waals surface area contributed by atoms with E-state index in [-0.39, 0.29) is 21.7 Å². The summed E-state index contributed by atoms with van der Waals surface area (Å²) in [4.78, 5) is 0. The third-order valence-electron chi connectivity index (χ3n) is 7.80. The summed E-state index contributed by atoms with van der Waals surface area (Å²) >= 11 is 0. The smallest absolute Gasteiger partial charge is 0.00952 e. The number of rotatable bonds is 8. The van der Waals surface area contributed by atoms with E-state index in [2.05, 4.69) is 126 Å². The molecule has 0 atom stereocenters. The first-order valence-corrected chi connectivity index (χ1v) is 14.7. The molecule has 0 saturated heterocycles. The molecule has 202 valence electrons. The molecule has 0 bridgehead atoms. The van der Waals surface area contributed by atoms with E-state index in [1.165, 1.54) is 60.8 Å². The van der Waals surface area contributed by atoms with Crippen LogP contribution in [0.25, 0.3) is 0 Å². The molecule has 0 heteroatoms. The van der Waals surface area contributed by atoms with Gasteiger partial charge in [-0.2, -0.15) is 0 Å². The summed E-state index contributed by atoms with van der Waals surface area (Å²) in [5, 5.41) is 0. The van der Waals surface area contributed by atoms with Gasteiger partial charge in [-0.1, -0.05) is 159 Å². The fraction of sp³-hybridized carbons (Fsp3) is 0.667. The average Bonchev–Trinajstić information content (AvgIpc) is 2.73. The van der Waals surface area contributed by atoms with Crippen LogP contribution in [0.1, 0.15) is 168 Å². The zero-order valence-corrected chi connectivity index (χ0v) is 26.3. The summed E-state index contributed by atoms with van der Waals surface area (Å²) < 4.78 is 0. The van der Waals surface area contributed by atoms with E-state index in [1.54, 1.807) is 11.1 Å².